The molecule has 0 atom stereocenters. The van der Waals surface area contributed by atoms with Gasteiger partial charge in [0.15, 0.2) is 0 Å². The van der Waals surface area contributed by atoms with Crippen LogP contribution in [0.1, 0.15) is 0 Å². The van der Waals surface area contributed by atoms with Gasteiger partial charge in [-0.15, -0.1) is 4.33 Å². The van der Waals surface area contributed by atoms with Crippen molar-refractivity contribution in [2.24, 2.45) is 0 Å². The molecule has 0 unspecified atom stereocenters. The van der Waals surface area contributed by atoms with Crippen molar-refractivity contribution in [1.82, 2.24) is 0 Å². The van der Waals surface area contributed by atoms with Crippen LogP contribution in [0.25, 0.3) is 0 Å². The molecule has 0 bridgehead atoms. The molecule has 0 amide bonds. The van der Waals surface area contributed by atoms with Gasteiger partial charge in [0.1, 0.15) is 0 Å². The van der Waals surface area contributed by atoms with Crippen LogP contribution in [0.2, 0.25) is 0 Å². The molecule has 1 N–H and O–H groups in total. The van der Waals surface area contributed by atoms with Gasteiger partial charge in [-0.1, -0.05) is 11.1 Å². The van der Waals surface area contributed by atoms with E-state index in [2.05, 4.69) is 9.37 Å². The third-order valence-corrected chi connectivity index (χ3v) is 1.76. The second-order valence-electron chi connectivity index (χ2n) is 1.98. The molecular formula is C6H5NNaO5S+. The summed E-state index contributed by atoms with van der Waals surface area (Å²) in [6.45, 7) is 0. The fraction of sp³-hybridized carbons (Fsp3) is 0. The Hall–Kier alpha value is -0.150. The van der Waals surface area contributed by atoms with E-state index in [0.717, 1.165) is 0 Å². The average Bonchev–Trinajstić information content (AvgIpc) is 2.15. The van der Waals surface area contributed by atoms with Crippen LogP contribution in [0.3, 0.4) is 0 Å². The summed E-state index contributed by atoms with van der Waals surface area (Å²) in [5.41, 5.74) is -0.0495. The van der Waals surface area contributed by atoms with E-state index in [0.29, 0.717) is 16.9 Å². The van der Waals surface area contributed by atoms with E-state index in [1.54, 1.807) is 6.07 Å². The Morgan fingerprint density at radius 1 is 1.50 bits per heavy atom. The maximum absolute atomic E-state index is 10.3. The van der Waals surface area contributed by atoms with E-state index in [-0.39, 0.29) is 35.2 Å². The Morgan fingerprint density at radius 2 is 2.21 bits per heavy atom. The smallest absolute Gasteiger partial charge is 0.258 e. The third-order valence-electron chi connectivity index (χ3n) is 1.19. The minimum absolute atomic E-state index is 0. The van der Waals surface area contributed by atoms with E-state index < -0.39 is 4.92 Å². The fourth-order valence-electron chi connectivity index (χ4n) is 0.703. The van der Waals surface area contributed by atoms with Gasteiger partial charge >= 0.3 is 29.6 Å². The standard InChI is InChI=1S/C6H5NO5S.Na/c8-7(9)5-2-1-3-6(4-5)13-12-11-10;/h1-4,10H;/q;+1. The molecule has 8 heteroatoms. The first-order valence-electron chi connectivity index (χ1n) is 3.13. The molecule has 0 spiro atoms. The van der Waals surface area contributed by atoms with Crippen molar-refractivity contribution in [2.45, 2.75) is 4.90 Å². The van der Waals surface area contributed by atoms with Crippen LogP contribution < -0.4 is 29.6 Å². The molecule has 70 valence electrons. The van der Waals surface area contributed by atoms with Gasteiger partial charge in [-0.05, 0) is 6.07 Å². The number of benzene rings is 1. The summed E-state index contributed by atoms with van der Waals surface area (Å²) in [5, 5.41) is 21.5. The molecule has 1 rings (SSSR count). The van der Waals surface area contributed by atoms with Crippen LogP contribution >= 0.6 is 12.0 Å². The normalized spacial score (nSPS) is 9.21. The summed E-state index contributed by atoms with van der Waals surface area (Å²) in [6, 6.07) is 5.73. The summed E-state index contributed by atoms with van der Waals surface area (Å²) >= 11 is 0.675. The molecule has 0 saturated heterocycles. The van der Waals surface area contributed by atoms with E-state index in [1.807, 2.05) is 0 Å². The van der Waals surface area contributed by atoms with Crippen molar-refractivity contribution in [1.29, 1.82) is 0 Å². The van der Waals surface area contributed by atoms with E-state index >= 15 is 0 Å². The number of nitro groups is 1. The minimum atomic E-state index is -0.524. The zero-order valence-corrected chi connectivity index (χ0v) is 10.1. The number of nitrogens with zero attached hydrogens (tertiary/aromatic N) is 1. The largest absolute Gasteiger partial charge is 1.00 e. The Labute approximate surface area is 106 Å². The molecular weight excluding hydrogens is 221 g/mol. The number of rotatable bonds is 4. The zero-order chi connectivity index (χ0) is 9.68. The van der Waals surface area contributed by atoms with Crippen molar-refractivity contribution >= 4 is 17.7 Å². The van der Waals surface area contributed by atoms with Crippen LogP contribution in [0.4, 0.5) is 5.69 Å². The summed E-state index contributed by atoms with van der Waals surface area (Å²) in [6.07, 6.45) is 0. The molecule has 6 nitrogen and oxygen atoms in total. The van der Waals surface area contributed by atoms with E-state index in [1.165, 1.54) is 18.2 Å². The van der Waals surface area contributed by atoms with Crippen LogP contribution in [0.15, 0.2) is 29.2 Å². The van der Waals surface area contributed by atoms with Gasteiger partial charge in [-0.3, -0.25) is 10.1 Å². The van der Waals surface area contributed by atoms with Gasteiger partial charge in [-0.25, -0.2) is 5.26 Å². The molecule has 0 saturated carbocycles. The maximum Gasteiger partial charge on any atom is 1.00 e. The quantitative estimate of drug-likeness (QED) is 0.234. The summed E-state index contributed by atoms with van der Waals surface area (Å²) in [4.78, 5) is 10.2. The number of non-ortho nitro benzene ring substituents is 1. The number of hydrogen-bond donors (Lipinski definition) is 1. The van der Waals surface area contributed by atoms with Crippen molar-refractivity contribution in [3.05, 3.63) is 34.4 Å². The number of nitro benzene ring substituents is 1. The van der Waals surface area contributed by atoms with Crippen molar-refractivity contribution in [3.8, 4) is 0 Å². The van der Waals surface area contributed by atoms with Crippen molar-refractivity contribution in [2.75, 3.05) is 0 Å². The van der Waals surface area contributed by atoms with Crippen LogP contribution in [0.5, 0.6) is 0 Å². The fourth-order valence-corrected chi connectivity index (χ4v) is 1.12. The molecule has 14 heavy (non-hydrogen) atoms. The van der Waals surface area contributed by atoms with Gasteiger partial charge in [0.05, 0.1) is 17.0 Å². The molecule has 0 aliphatic rings. The maximum atomic E-state index is 10.3. The summed E-state index contributed by atoms with van der Waals surface area (Å²) in [7, 11) is 0. The molecule has 1 aromatic carbocycles. The van der Waals surface area contributed by atoms with E-state index in [9.17, 15) is 10.1 Å². The summed E-state index contributed by atoms with van der Waals surface area (Å²) < 4.78 is 4.10. The molecule has 0 fully saturated rings. The molecule has 0 radical (unpaired) electrons. The molecule has 0 heterocycles. The van der Waals surface area contributed by atoms with Crippen molar-refractivity contribution < 1.29 is 49.1 Å². The monoisotopic (exact) mass is 226 g/mol. The summed E-state index contributed by atoms with van der Waals surface area (Å²) in [5.74, 6) is 0. The van der Waals surface area contributed by atoms with E-state index in [4.69, 9.17) is 5.26 Å². The second kappa shape index (κ2) is 7.18. The van der Waals surface area contributed by atoms with Gasteiger partial charge in [-0.2, -0.15) is 0 Å². The van der Waals surface area contributed by atoms with Crippen LogP contribution in [-0.4, -0.2) is 10.2 Å². The molecule has 0 aromatic heterocycles. The molecule has 0 aliphatic heterocycles. The second-order valence-corrected chi connectivity index (χ2v) is 2.75. The third kappa shape index (κ3) is 4.38. The predicted octanol–water partition coefficient (Wildman–Crippen LogP) is -0.973. The predicted molar refractivity (Wildman–Crippen MR) is 43.8 cm³/mol. The van der Waals surface area contributed by atoms with Gasteiger partial charge in [0, 0.05) is 17.0 Å². The Morgan fingerprint density at radius 3 is 2.79 bits per heavy atom. The number of hydrogen-bond acceptors (Lipinski definition) is 6. The SMILES string of the molecule is O=[N+]([O-])c1cccc(SOOO)c1.[Na+]. The molecule has 1 aromatic rings. The first-order valence-corrected chi connectivity index (χ1v) is 3.87. The Balaban J connectivity index is 0.00000169. The minimum Gasteiger partial charge on any atom is -0.258 e. The average molecular weight is 226 g/mol. The first kappa shape index (κ1) is 13.8. The molecule has 0 aliphatic carbocycles. The van der Waals surface area contributed by atoms with Gasteiger partial charge < -0.3 is 0 Å². The van der Waals surface area contributed by atoms with Crippen LogP contribution in [0, 0.1) is 10.1 Å². The topological polar surface area (TPSA) is 81.8 Å². The van der Waals surface area contributed by atoms with Crippen molar-refractivity contribution in [3.63, 3.8) is 0 Å². The zero-order valence-electron chi connectivity index (χ0n) is 7.25. The Kier molecular flexibility index (Phi) is 7.11. The van der Waals surface area contributed by atoms with Gasteiger partial charge in [0.25, 0.3) is 5.69 Å². The first-order chi connectivity index (χ1) is 6.24. The van der Waals surface area contributed by atoms with Gasteiger partial charge in [0.2, 0.25) is 0 Å². The Bertz CT molecular complexity index is 310. The van der Waals surface area contributed by atoms with Crippen LogP contribution in [-0.2, 0) is 9.37 Å².